The summed E-state index contributed by atoms with van der Waals surface area (Å²) in [5.41, 5.74) is 1.06. The lowest BCUT2D eigenvalue weighted by Gasteiger charge is -2.08. The lowest BCUT2D eigenvalue weighted by molar-refractivity contribution is -0.142. The van der Waals surface area contributed by atoms with Crippen LogP contribution in [-0.4, -0.2) is 25.9 Å². The fourth-order valence-electron chi connectivity index (χ4n) is 1.74. The van der Waals surface area contributed by atoms with Crippen LogP contribution in [-0.2, 0) is 16.1 Å². The van der Waals surface area contributed by atoms with Crippen molar-refractivity contribution < 1.29 is 19.0 Å². The number of nitrogens with one attached hydrogen (secondary N) is 1. The van der Waals surface area contributed by atoms with Crippen molar-refractivity contribution in [1.82, 2.24) is 5.32 Å². The number of ether oxygens (including phenoxy) is 3. The molecule has 0 aliphatic carbocycles. The van der Waals surface area contributed by atoms with E-state index in [0.717, 1.165) is 21.5 Å². The van der Waals surface area contributed by atoms with E-state index in [1.54, 1.807) is 6.92 Å². The standard InChI is InChI=1S/C13H16BrNO4/c1-2-17-13(16)3-4-15-7-9-5-11-12(6-10(9)14)19-8-18-11/h5-6,15H,2-4,7-8H2,1H3. The zero-order chi connectivity index (χ0) is 13.7. The molecule has 19 heavy (non-hydrogen) atoms. The van der Waals surface area contributed by atoms with Gasteiger partial charge in [0.1, 0.15) is 0 Å². The molecule has 0 saturated heterocycles. The second kappa shape index (κ2) is 6.77. The number of carbonyl (C=O) groups excluding carboxylic acids is 1. The molecule has 0 aromatic heterocycles. The number of halogens is 1. The summed E-state index contributed by atoms with van der Waals surface area (Å²) in [4.78, 5) is 11.2. The molecule has 0 unspecified atom stereocenters. The first kappa shape index (κ1) is 14.1. The summed E-state index contributed by atoms with van der Waals surface area (Å²) >= 11 is 3.49. The number of hydrogen-bond acceptors (Lipinski definition) is 5. The highest BCUT2D eigenvalue weighted by Gasteiger charge is 2.16. The molecule has 0 spiro atoms. The van der Waals surface area contributed by atoms with Crippen molar-refractivity contribution in [2.24, 2.45) is 0 Å². The average molecular weight is 330 g/mol. The molecule has 1 N–H and O–H groups in total. The highest BCUT2D eigenvalue weighted by atomic mass is 79.9. The molecule has 0 radical (unpaired) electrons. The molecule has 0 saturated carbocycles. The highest BCUT2D eigenvalue weighted by Crippen LogP contribution is 2.36. The Morgan fingerprint density at radius 1 is 1.42 bits per heavy atom. The molecule has 0 bridgehead atoms. The summed E-state index contributed by atoms with van der Waals surface area (Å²) in [5.74, 6) is 1.33. The van der Waals surface area contributed by atoms with Gasteiger partial charge in [-0.1, -0.05) is 15.9 Å². The maximum atomic E-state index is 11.2. The number of rotatable bonds is 6. The van der Waals surface area contributed by atoms with Crippen LogP contribution in [0.25, 0.3) is 0 Å². The third kappa shape index (κ3) is 3.84. The first-order chi connectivity index (χ1) is 9.20. The number of esters is 1. The number of fused-ring (bicyclic) bond motifs is 1. The minimum Gasteiger partial charge on any atom is -0.466 e. The Kier molecular flexibility index (Phi) is 5.04. The van der Waals surface area contributed by atoms with Crippen molar-refractivity contribution in [2.75, 3.05) is 19.9 Å². The summed E-state index contributed by atoms with van der Waals surface area (Å²) in [5, 5.41) is 3.20. The van der Waals surface area contributed by atoms with Gasteiger partial charge >= 0.3 is 5.97 Å². The maximum Gasteiger partial charge on any atom is 0.307 e. The highest BCUT2D eigenvalue weighted by molar-refractivity contribution is 9.10. The predicted octanol–water partition coefficient (Wildman–Crippen LogP) is 2.22. The molecular formula is C13H16BrNO4. The van der Waals surface area contributed by atoms with Gasteiger partial charge in [-0.15, -0.1) is 0 Å². The van der Waals surface area contributed by atoms with E-state index in [1.165, 1.54) is 0 Å². The van der Waals surface area contributed by atoms with E-state index in [-0.39, 0.29) is 12.8 Å². The van der Waals surface area contributed by atoms with Crippen LogP contribution in [0.15, 0.2) is 16.6 Å². The molecule has 0 fully saturated rings. The van der Waals surface area contributed by atoms with Crippen LogP contribution in [0.3, 0.4) is 0 Å². The van der Waals surface area contributed by atoms with E-state index in [0.29, 0.717) is 26.1 Å². The van der Waals surface area contributed by atoms with Gasteiger partial charge in [-0.3, -0.25) is 4.79 Å². The molecule has 1 aliphatic heterocycles. The third-order valence-corrected chi connectivity index (χ3v) is 3.41. The Balaban J connectivity index is 1.82. The molecule has 0 atom stereocenters. The smallest absolute Gasteiger partial charge is 0.307 e. The molecule has 1 aromatic rings. The van der Waals surface area contributed by atoms with Gasteiger partial charge in [0.05, 0.1) is 13.0 Å². The van der Waals surface area contributed by atoms with Gasteiger partial charge in [0.2, 0.25) is 6.79 Å². The van der Waals surface area contributed by atoms with Gasteiger partial charge in [0, 0.05) is 17.6 Å². The number of benzene rings is 1. The van der Waals surface area contributed by atoms with E-state index in [1.807, 2.05) is 12.1 Å². The molecule has 0 amide bonds. The Bertz CT molecular complexity index is 464. The molecule has 1 aromatic carbocycles. The second-order valence-corrected chi connectivity index (χ2v) is 4.88. The summed E-state index contributed by atoms with van der Waals surface area (Å²) in [6.07, 6.45) is 0.371. The van der Waals surface area contributed by atoms with Crippen LogP contribution in [0.5, 0.6) is 11.5 Å². The third-order valence-electron chi connectivity index (χ3n) is 2.67. The Hall–Kier alpha value is -1.27. The van der Waals surface area contributed by atoms with Gasteiger partial charge in [0.25, 0.3) is 0 Å². The van der Waals surface area contributed by atoms with Gasteiger partial charge in [-0.2, -0.15) is 0 Å². The molecule has 1 aliphatic rings. The summed E-state index contributed by atoms with van der Waals surface area (Å²) in [7, 11) is 0. The normalized spacial score (nSPS) is 12.5. The van der Waals surface area contributed by atoms with Crippen molar-refractivity contribution in [3.8, 4) is 11.5 Å². The zero-order valence-electron chi connectivity index (χ0n) is 10.7. The predicted molar refractivity (Wildman–Crippen MR) is 73.2 cm³/mol. The Labute approximate surface area is 120 Å². The number of hydrogen-bond donors (Lipinski definition) is 1. The molecular weight excluding hydrogens is 314 g/mol. The van der Waals surface area contributed by atoms with E-state index in [9.17, 15) is 4.79 Å². The van der Waals surface area contributed by atoms with Crippen LogP contribution in [0.1, 0.15) is 18.9 Å². The van der Waals surface area contributed by atoms with Gasteiger partial charge in [0.15, 0.2) is 11.5 Å². The maximum absolute atomic E-state index is 11.2. The van der Waals surface area contributed by atoms with E-state index in [4.69, 9.17) is 14.2 Å². The molecule has 6 heteroatoms. The fourth-order valence-corrected chi connectivity index (χ4v) is 2.20. The van der Waals surface area contributed by atoms with E-state index >= 15 is 0 Å². The van der Waals surface area contributed by atoms with E-state index in [2.05, 4.69) is 21.2 Å². The monoisotopic (exact) mass is 329 g/mol. The van der Waals surface area contributed by atoms with Crippen molar-refractivity contribution in [2.45, 2.75) is 19.9 Å². The zero-order valence-corrected chi connectivity index (χ0v) is 12.3. The largest absolute Gasteiger partial charge is 0.466 e. The summed E-state index contributed by atoms with van der Waals surface area (Å²) in [6, 6.07) is 3.83. The van der Waals surface area contributed by atoms with E-state index < -0.39 is 0 Å². The average Bonchev–Trinajstić information content (AvgIpc) is 2.82. The van der Waals surface area contributed by atoms with Crippen LogP contribution >= 0.6 is 15.9 Å². The quantitative estimate of drug-likeness (QED) is 0.640. The lowest BCUT2D eigenvalue weighted by atomic mass is 10.2. The Morgan fingerprint density at radius 3 is 2.89 bits per heavy atom. The molecule has 5 nitrogen and oxygen atoms in total. The van der Waals surface area contributed by atoms with Crippen molar-refractivity contribution in [3.05, 3.63) is 22.2 Å². The van der Waals surface area contributed by atoms with Gasteiger partial charge in [-0.25, -0.2) is 0 Å². The topological polar surface area (TPSA) is 56.8 Å². The number of carbonyl (C=O) groups is 1. The molecule has 2 rings (SSSR count). The van der Waals surface area contributed by atoms with Crippen molar-refractivity contribution in [1.29, 1.82) is 0 Å². The molecule has 1 heterocycles. The lowest BCUT2D eigenvalue weighted by Crippen LogP contribution is -2.19. The van der Waals surface area contributed by atoms with Crippen LogP contribution in [0.2, 0.25) is 0 Å². The first-order valence-electron chi connectivity index (χ1n) is 6.15. The van der Waals surface area contributed by atoms with Gasteiger partial charge in [-0.05, 0) is 24.6 Å². The van der Waals surface area contributed by atoms with Crippen LogP contribution < -0.4 is 14.8 Å². The SMILES string of the molecule is CCOC(=O)CCNCc1cc2c(cc1Br)OCO2. The summed E-state index contributed by atoms with van der Waals surface area (Å²) < 4.78 is 16.4. The van der Waals surface area contributed by atoms with Gasteiger partial charge < -0.3 is 19.5 Å². The first-order valence-corrected chi connectivity index (χ1v) is 6.94. The summed E-state index contributed by atoms with van der Waals surface area (Å²) in [6.45, 7) is 3.72. The fraction of sp³-hybridized carbons (Fsp3) is 0.462. The minimum absolute atomic E-state index is 0.181. The van der Waals surface area contributed by atoms with Crippen LogP contribution in [0.4, 0.5) is 0 Å². The van der Waals surface area contributed by atoms with Crippen LogP contribution in [0, 0.1) is 0 Å². The second-order valence-electron chi connectivity index (χ2n) is 4.03. The van der Waals surface area contributed by atoms with Crippen molar-refractivity contribution >= 4 is 21.9 Å². The minimum atomic E-state index is -0.181. The Morgan fingerprint density at radius 2 is 2.16 bits per heavy atom. The molecule has 104 valence electrons. The van der Waals surface area contributed by atoms with Crippen molar-refractivity contribution in [3.63, 3.8) is 0 Å².